The van der Waals surface area contributed by atoms with Gasteiger partial charge in [-0.15, -0.1) is 11.3 Å². The minimum Gasteiger partial charge on any atom is -0.357 e. The molecule has 0 unspecified atom stereocenters. The highest BCUT2D eigenvalue weighted by atomic mass is 35.5. The van der Waals surface area contributed by atoms with Gasteiger partial charge in [0.25, 0.3) is 0 Å². The van der Waals surface area contributed by atoms with Gasteiger partial charge in [0.2, 0.25) is 0 Å². The fourth-order valence-electron chi connectivity index (χ4n) is 2.45. The summed E-state index contributed by atoms with van der Waals surface area (Å²) in [5.41, 5.74) is 2.17. The molecule has 2 N–H and O–H groups in total. The van der Waals surface area contributed by atoms with Gasteiger partial charge in [-0.3, -0.25) is 0 Å². The average molecular weight is 402 g/mol. The normalized spacial score (nSPS) is 11.8. The van der Waals surface area contributed by atoms with Crippen molar-refractivity contribution in [2.75, 3.05) is 13.1 Å². The van der Waals surface area contributed by atoms with Crippen LogP contribution in [-0.4, -0.2) is 28.6 Å². The molecule has 0 atom stereocenters. The van der Waals surface area contributed by atoms with Crippen molar-refractivity contribution >= 4 is 40.5 Å². The second-order valence-electron chi connectivity index (χ2n) is 5.67. The molecule has 138 valence electrons. The predicted octanol–water partition coefficient (Wildman–Crippen LogP) is 3.96. The van der Waals surface area contributed by atoms with Crippen molar-refractivity contribution in [1.29, 1.82) is 0 Å². The lowest BCUT2D eigenvalue weighted by molar-refractivity contribution is 0.777. The van der Waals surface area contributed by atoms with Gasteiger partial charge in [-0.2, -0.15) is 0 Å². The third-order valence-corrected chi connectivity index (χ3v) is 5.78. The van der Waals surface area contributed by atoms with Gasteiger partial charge in [0.15, 0.2) is 5.96 Å². The van der Waals surface area contributed by atoms with Crippen LogP contribution in [0.15, 0.2) is 11.1 Å². The van der Waals surface area contributed by atoms with Crippen molar-refractivity contribution in [2.24, 2.45) is 12.0 Å². The first-order valence-electron chi connectivity index (χ1n) is 8.43. The van der Waals surface area contributed by atoms with Crippen molar-refractivity contribution in [3.8, 4) is 0 Å². The van der Waals surface area contributed by atoms with Crippen LogP contribution < -0.4 is 10.6 Å². The minimum atomic E-state index is 0.509. The van der Waals surface area contributed by atoms with Crippen LogP contribution in [0.2, 0.25) is 10.2 Å². The molecule has 2 heterocycles. The number of aliphatic imine (C=N–C) groups is 1. The summed E-state index contributed by atoms with van der Waals surface area (Å²) in [6.45, 7) is 8.42. The molecule has 0 saturated heterocycles. The van der Waals surface area contributed by atoms with Gasteiger partial charge >= 0.3 is 0 Å². The van der Waals surface area contributed by atoms with E-state index in [0.717, 1.165) is 37.6 Å². The molecule has 0 fully saturated rings. The van der Waals surface area contributed by atoms with Crippen molar-refractivity contribution in [1.82, 2.24) is 20.2 Å². The Morgan fingerprint density at radius 3 is 2.64 bits per heavy atom. The molecule has 0 aliphatic carbocycles. The van der Waals surface area contributed by atoms with E-state index in [4.69, 9.17) is 23.2 Å². The Morgan fingerprint density at radius 2 is 2.08 bits per heavy atom. The van der Waals surface area contributed by atoms with Crippen LogP contribution in [0.25, 0.3) is 0 Å². The van der Waals surface area contributed by atoms with Crippen LogP contribution in [0.3, 0.4) is 0 Å². The Balaban J connectivity index is 1.94. The summed E-state index contributed by atoms with van der Waals surface area (Å²) in [7, 11) is 1.88. The maximum absolute atomic E-state index is 6.10. The first kappa shape index (κ1) is 20.1. The maximum atomic E-state index is 6.10. The predicted molar refractivity (Wildman–Crippen MR) is 108 cm³/mol. The maximum Gasteiger partial charge on any atom is 0.191 e. The molecule has 0 radical (unpaired) electrons. The molecule has 0 aliphatic rings. The number of guanidine groups is 1. The van der Waals surface area contributed by atoms with E-state index >= 15 is 0 Å². The molecule has 2 aromatic heterocycles. The lowest BCUT2D eigenvalue weighted by Gasteiger charge is -2.11. The third kappa shape index (κ3) is 5.36. The van der Waals surface area contributed by atoms with Gasteiger partial charge in [-0.1, -0.05) is 30.1 Å². The van der Waals surface area contributed by atoms with E-state index in [0.29, 0.717) is 16.7 Å². The molecule has 0 aliphatic heterocycles. The zero-order valence-electron chi connectivity index (χ0n) is 15.1. The number of hydrogen-bond donors (Lipinski definition) is 2. The van der Waals surface area contributed by atoms with E-state index in [1.54, 1.807) is 11.3 Å². The van der Waals surface area contributed by atoms with E-state index in [2.05, 4.69) is 34.5 Å². The highest BCUT2D eigenvalue weighted by molar-refractivity contribution is 7.11. The van der Waals surface area contributed by atoms with Gasteiger partial charge in [0.1, 0.15) is 5.15 Å². The van der Waals surface area contributed by atoms with E-state index in [1.807, 2.05) is 24.6 Å². The first-order valence-corrected chi connectivity index (χ1v) is 10.00. The number of nitrogens with zero attached hydrogens (tertiary/aromatic N) is 3. The summed E-state index contributed by atoms with van der Waals surface area (Å²) in [6.07, 6.45) is 1.87. The smallest absolute Gasteiger partial charge is 0.191 e. The molecule has 0 bridgehead atoms. The molecule has 0 aromatic carbocycles. The summed E-state index contributed by atoms with van der Waals surface area (Å²) < 4.78 is 1.85. The minimum absolute atomic E-state index is 0.509. The molecule has 2 rings (SSSR count). The van der Waals surface area contributed by atoms with Gasteiger partial charge in [0.05, 0.1) is 22.3 Å². The summed E-state index contributed by atoms with van der Waals surface area (Å²) in [4.78, 5) is 10.6. The molecule has 25 heavy (non-hydrogen) atoms. The van der Waals surface area contributed by atoms with Gasteiger partial charge < -0.3 is 15.2 Å². The van der Waals surface area contributed by atoms with Gasteiger partial charge in [-0.25, -0.2) is 9.98 Å². The summed E-state index contributed by atoms with van der Waals surface area (Å²) in [5.74, 6) is 0.778. The third-order valence-electron chi connectivity index (χ3n) is 3.86. The highest BCUT2D eigenvalue weighted by Crippen LogP contribution is 2.25. The Bertz CT molecular complexity index is 736. The topological polar surface area (TPSA) is 54.2 Å². The van der Waals surface area contributed by atoms with Gasteiger partial charge in [-0.05, 0) is 26.3 Å². The van der Waals surface area contributed by atoms with Crippen LogP contribution >= 0.6 is 34.5 Å². The second-order valence-corrected chi connectivity index (χ2v) is 7.72. The summed E-state index contributed by atoms with van der Waals surface area (Å²) >= 11 is 13.9. The lowest BCUT2D eigenvalue weighted by atomic mass is 10.3. The quantitative estimate of drug-likeness (QED) is 0.545. The fourth-order valence-corrected chi connectivity index (χ4v) is 3.89. The monoisotopic (exact) mass is 401 g/mol. The van der Waals surface area contributed by atoms with E-state index in [1.165, 1.54) is 15.6 Å². The SMILES string of the molecule is CCNC(=NCc1cc(Cl)c(Cl)n1C)NCCc1nc(CC)c(C)s1. The zero-order valence-corrected chi connectivity index (χ0v) is 17.4. The van der Waals surface area contributed by atoms with Crippen molar-refractivity contribution in [3.63, 3.8) is 0 Å². The lowest BCUT2D eigenvalue weighted by Crippen LogP contribution is -2.38. The number of rotatable bonds is 7. The average Bonchev–Trinajstić information content (AvgIpc) is 3.07. The zero-order chi connectivity index (χ0) is 18.4. The first-order chi connectivity index (χ1) is 12.0. The van der Waals surface area contributed by atoms with Crippen LogP contribution in [-0.2, 0) is 26.4 Å². The molecule has 0 spiro atoms. The van der Waals surface area contributed by atoms with E-state index < -0.39 is 0 Å². The number of thiazole rings is 1. The number of aromatic nitrogens is 2. The Kier molecular flexibility index (Phi) is 7.59. The molecule has 5 nitrogen and oxygen atoms in total. The van der Waals surface area contributed by atoms with Crippen molar-refractivity contribution in [2.45, 2.75) is 40.2 Å². The van der Waals surface area contributed by atoms with E-state index in [-0.39, 0.29) is 0 Å². The molecular weight excluding hydrogens is 377 g/mol. The summed E-state index contributed by atoms with van der Waals surface area (Å²) in [6, 6.07) is 1.85. The number of aryl methyl sites for hydroxylation is 2. The number of hydrogen-bond acceptors (Lipinski definition) is 3. The standard InChI is InChI=1S/C17H25Cl2N5S/c1-5-14-11(3)25-15(23-14)7-8-21-17(20-6-2)22-10-12-9-13(18)16(19)24(12)4/h9H,5-8,10H2,1-4H3,(H2,20,21,22). The largest absolute Gasteiger partial charge is 0.357 e. The highest BCUT2D eigenvalue weighted by Gasteiger charge is 2.09. The summed E-state index contributed by atoms with van der Waals surface area (Å²) in [5, 5.41) is 8.87. The van der Waals surface area contributed by atoms with Crippen LogP contribution in [0.4, 0.5) is 0 Å². The Labute approximate surface area is 163 Å². The van der Waals surface area contributed by atoms with Crippen LogP contribution in [0, 0.1) is 6.92 Å². The molecule has 0 saturated carbocycles. The molecule has 8 heteroatoms. The van der Waals surface area contributed by atoms with Gasteiger partial charge in [0, 0.05) is 37.1 Å². The Hall–Kier alpha value is -1.24. The number of halogens is 2. The second kappa shape index (κ2) is 9.46. The molecular formula is C17H25Cl2N5S. The van der Waals surface area contributed by atoms with E-state index in [9.17, 15) is 0 Å². The van der Waals surface area contributed by atoms with Crippen LogP contribution in [0.5, 0.6) is 0 Å². The number of nitrogens with one attached hydrogen (secondary N) is 2. The molecule has 0 amide bonds. The Morgan fingerprint density at radius 1 is 1.32 bits per heavy atom. The van der Waals surface area contributed by atoms with Crippen molar-refractivity contribution in [3.05, 3.63) is 37.5 Å². The van der Waals surface area contributed by atoms with Crippen LogP contribution in [0.1, 0.15) is 35.1 Å². The molecule has 2 aromatic rings. The fraction of sp³-hybridized carbons (Fsp3) is 0.529. The van der Waals surface area contributed by atoms with Crippen molar-refractivity contribution < 1.29 is 0 Å².